The van der Waals surface area contributed by atoms with Crippen LogP contribution in [0.25, 0.3) is 0 Å². The lowest BCUT2D eigenvalue weighted by atomic mass is 10.1. The molecule has 0 aliphatic carbocycles. The first-order chi connectivity index (χ1) is 17.3. The molecule has 36 heavy (non-hydrogen) atoms. The van der Waals surface area contributed by atoms with E-state index in [1.165, 1.54) is 0 Å². The molecule has 0 saturated carbocycles. The summed E-state index contributed by atoms with van der Waals surface area (Å²) in [5, 5.41) is 5.06. The number of rotatable bonds is 9. The van der Waals surface area contributed by atoms with Crippen LogP contribution in [0.3, 0.4) is 0 Å². The number of imidazole rings is 1. The van der Waals surface area contributed by atoms with Crippen LogP contribution in [0.5, 0.6) is 0 Å². The third-order valence-corrected chi connectivity index (χ3v) is 6.87. The number of ether oxygens (including phenoxy) is 1. The van der Waals surface area contributed by atoms with Crippen LogP contribution < -0.4 is 9.88 Å². The van der Waals surface area contributed by atoms with Gasteiger partial charge in [0.1, 0.15) is 25.0 Å². The summed E-state index contributed by atoms with van der Waals surface area (Å²) in [5.74, 6) is -0.116. The van der Waals surface area contributed by atoms with Crippen LogP contribution in [0, 0.1) is 0 Å². The van der Waals surface area contributed by atoms with E-state index < -0.39 is 12.1 Å². The Morgan fingerprint density at radius 1 is 0.972 bits per heavy atom. The highest BCUT2D eigenvalue weighted by atomic mass is 35.5. The lowest BCUT2D eigenvalue weighted by Crippen LogP contribution is -2.36. The standard InChI is InChI=1S/C27H23Cl4N3O2/c1-18(27(35)32-22-5-3-2-4-6-22)34-12-11-33(17-34)15-26(23-10-9-21(29)14-25(23)31)36-16-19-7-8-20(28)13-24(19)30/h2-14,17-18,26H,15-16H2,1H3/p+1. The molecule has 4 aromatic rings. The van der Waals surface area contributed by atoms with Crippen molar-refractivity contribution in [2.45, 2.75) is 32.2 Å². The molecular formula is C27H24Cl4N3O2+. The Kier molecular flexibility index (Phi) is 8.94. The normalized spacial score (nSPS) is 12.8. The molecule has 1 aromatic heterocycles. The number of amides is 1. The van der Waals surface area contributed by atoms with Crippen LogP contribution >= 0.6 is 46.4 Å². The van der Waals surface area contributed by atoms with Gasteiger partial charge in [-0.05, 0) is 48.9 Å². The van der Waals surface area contributed by atoms with Crippen molar-refractivity contribution >= 4 is 58.0 Å². The maximum Gasteiger partial charge on any atom is 0.269 e. The number of carbonyl (C=O) groups is 1. The van der Waals surface area contributed by atoms with E-state index in [0.717, 1.165) is 16.8 Å². The second kappa shape index (κ2) is 12.1. The third-order valence-electron chi connectivity index (χ3n) is 5.72. The zero-order valence-electron chi connectivity index (χ0n) is 19.4. The molecule has 4 rings (SSSR count). The van der Waals surface area contributed by atoms with Gasteiger partial charge in [0.05, 0.1) is 6.61 Å². The van der Waals surface area contributed by atoms with Gasteiger partial charge in [-0.25, -0.2) is 9.13 Å². The minimum Gasteiger partial charge on any atom is -0.365 e. The van der Waals surface area contributed by atoms with Crippen LogP contribution in [-0.4, -0.2) is 10.5 Å². The van der Waals surface area contributed by atoms with E-state index >= 15 is 0 Å². The van der Waals surface area contributed by atoms with Crippen molar-refractivity contribution in [1.82, 2.24) is 4.57 Å². The topological polar surface area (TPSA) is 47.1 Å². The van der Waals surface area contributed by atoms with E-state index in [0.29, 0.717) is 26.6 Å². The maximum absolute atomic E-state index is 12.7. The Balaban J connectivity index is 1.51. The molecular weight excluding hydrogens is 540 g/mol. The van der Waals surface area contributed by atoms with E-state index in [-0.39, 0.29) is 12.5 Å². The average molecular weight is 564 g/mol. The second-order valence-corrected chi connectivity index (χ2v) is 9.98. The zero-order chi connectivity index (χ0) is 25.7. The second-order valence-electron chi connectivity index (χ2n) is 8.29. The maximum atomic E-state index is 12.7. The molecule has 1 amide bonds. The zero-order valence-corrected chi connectivity index (χ0v) is 22.4. The van der Waals surface area contributed by atoms with Gasteiger partial charge in [-0.15, -0.1) is 0 Å². The fraction of sp³-hybridized carbons (Fsp3) is 0.185. The van der Waals surface area contributed by atoms with E-state index in [9.17, 15) is 4.79 Å². The smallest absolute Gasteiger partial charge is 0.269 e. The molecule has 1 heterocycles. The van der Waals surface area contributed by atoms with Crippen LogP contribution in [0.15, 0.2) is 85.5 Å². The predicted molar refractivity (Wildman–Crippen MR) is 145 cm³/mol. The van der Waals surface area contributed by atoms with Crippen molar-refractivity contribution in [2.75, 3.05) is 5.32 Å². The molecule has 2 atom stereocenters. The van der Waals surface area contributed by atoms with Gasteiger partial charge >= 0.3 is 0 Å². The van der Waals surface area contributed by atoms with Gasteiger partial charge < -0.3 is 10.1 Å². The largest absolute Gasteiger partial charge is 0.365 e. The number of aromatic nitrogens is 2. The highest BCUT2D eigenvalue weighted by Gasteiger charge is 2.24. The fourth-order valence-corrected chi connectivity index (χ4v) is 4.67. The summed E-state index contributed by atoms with van der Waals surface area (Å²) in [6, 6.07) is 19.6. The van der Waals surface area contributed by atoms with Crippen LogP contribution in [0.4, 0.5) is 5.69 Å². The molecule has 0 spiro atoms. The fourth-order valence-electron chi connectivity index (χ4n) is 3.68. The lowest BCUT2D eigenvalue weighted by Gasteiger charge is -2.19. The van der Waals surface area contributed by atoms with Gasteiger partial charge in [0.25, 0.3) is 5.91 Å². The molecule has 0 aliphatic rings. The molecule has 9 heteroatoms. The van der Waals surface area contributed by atoms with Gasteiger partial charge in [0.15, 0.2) is 6.04 Å². The number of nitrogens with zero attached hydrogens (tertiary/aromatic N) is 2. The van der Waals surface area contributed by atoms with Crippen molar-refractivity contribution in [1.29, 1.82) is 0 Å². The van der Waals surface area contributed by atoms with Crippen molar-refractivity contribution in [3.05, 3.63) is 117 Å². The minimum absolute atomic E-state index is 0.116. The molecule has 0 bridgehead atoms. The Morgan fingerprint density at radius 2 is 1.67 bits per heavy atom. The number of hydrogen-bond donors (Lipinski definition) is 1. The third kappa shape index (κ3) is 6.81. The quantitative estimate of drug-likeness (QED) is 0.214. The first-order valence-corrected chi connectivity index (χ1v) is 12.7. The number of anilines is 1. The van der Waals surface area contributed by atoms with Crippen molar-refractivity contribution < 1.29 is 14.1 Å². The molecule has 5 nitrogen and oxygen atoms in total. The molecule has 186 valence electrons. The summed E-state index contributed by atoms with van der Waals surface area (Å²) in [7, 11) is 0. The van der Waals surface area contributed by atoms with E-state index in [1.807, 2.05) is 77.2 Å². The first kappa shape index (κ1) is 26.5. The molecule has 0 aliphatic heterocycles. The highest BCUT2D eigenvalue weighted by molar-refractivity contribution is 6.35. The molecule has 2 unspecified atom stereocenters. The van der Waals surface area contributed by atoms with Gasteiger partial charge in [0, 0.05) is 31.3 Å². The van der Waals surface area contributed by atoms with E-state index in [4.69, 9.17) is 51.1 Å². The summed E-state index contributed by atoms with van der Waals surface area (Å²) in [6.07, 6.45) is 5.20. The SMILES string of the molecule is CC(C(=O)Nc1ccccc1)n1cc[n+](CC(OCc2ccc(Cl)cc2Cl)c2ccc(Cl)cc2Cl)c1. The molecule has 0 fully saturated rings. The summed E-state index contributed by atoms with van der Waals surface area (Å²) in [5.41, 5.74) is 2.35. The number of carbonyl (C=O) groups excluding carboxylic acids is 1. The number of benzene rings is 3. The van der Waals surface area contributed by atoms with Crippen molar-refractivity contribution in [2.24, 2.45) is 0 Å². The summed E-state index contributed by atoms with van der Waals surface area (Å²) in [4.78, 5) is 12.7. The van der Waals surface area contributed by atoms with Gasteiger partial charge in [-0.1, -0.05) is 76.7 Å². The number of hydrogen-bond acceptors (Lipinski definition) is 2. The molecule has 1 N–H and O–H groups in total. The lowest BCUT2D eigenvalue weighted by molar-refractivity contribution is -0.705. The predicted octanol–water partition coefficient (Wildman–Crippen LogP) is 7.55. The Morgan fingerprint density at radius 3 is 2.36 bits per heavy atom. The molecule has 0 radical (unpaired) electrons. The summed E-state index contributed by atoms with van der Waals surface area (Å²) in [6.45, 7) is 2.55. The first-order valence-electron chi connectivity index (χ1n) is 11.2. The average Bonchev–Trinajstić information content (AvgIpc) is 3.31. The van der Waals surface area contributed by atoms with Crippen molar-refractivity contribution in [3.63, 3.8) is 0 Å². The minimum atomic E-state index is -0.419. The number of nitrogens with one attached hydrogen (secondary N) is 1. The van der Waals surface area contributed by atoms with Crippen molar-refractivity contribution in [3.8, 4) is 0 Å². The van der Waals surface area contributed by atoms with E-state index in [2.05, 4.69) is 5.32 Å². The number of para-hydroxylation sites is 1. The summed E-state index contributed by atoms with van der Waals surface area (Å²) >= 11 is 25.0. The molecule has 3 aromatic carbocycles. The Hall–Kier alpha value is -2.54. The van der Waals surface area contributed by atoms with Crippen LogP contribution in [-0.2, 0) is 22.7 Å². The Labute approximate surface area is 230 Å². The van der Waals surface area contributed by atoms with Gasteiger partial charge in [-0.3, -0.25) is 4.79 Å². The highest BCUT2D eigenvalue weighted by Crippen LogP contribution is 2.31. The van der Waals surface area contributed by atoms with Gasteiger partial charge in [-0.2, -0.15) is 0 Å². The van der Waals surface area contributed by atoms with E-state index in [1.54, 1.807) is 24.3 Å². The monoisotopic (exact) mass is 562 g/mol. The Bertz CT molecular complexity index is 1340. The van der Waals surface area contributed by atoms with Gasteiger partial charge in [0.2, 0.25) is 6.33 Å². The molecule has 0 saturated heterocycles. The summed E-state index contributed by atoms with van der Waals surface area (Å²) < 4.78 is 10.1. The number of halogens is 4. The van der Waals surface area contributed by atoms with Crippen LogP contribution in [0.1, 0.15) is 30.2 Å². The van der Waals surface area contributed by atoms with Crippen LogP contribution in [0.2, 0.25) is 20.1 Å².